The van der Waals surface area contributed by atoms with E-state index in [-0.39, 0.29) is 17.7 Å². The van der Waals surface area contributed by atoms with Gasteiger partial charge in [0.15, 0.2) is 0 Å². The Bertz CT molecular complexity index is 438. The summed E-state index contributed by atoms with van der Waals surface area (Å²) < 4.78 is 5.05. The highest BCUT2D eigenvalue weighted by molar-refractivity contribution is 6.03. The summed E-state index contributed by atoms with van der Waals surface area (Å²) in [6.45, 7) is 2.14. The van der Waals surface area contributed by atoms with Crippen LogP contribution < -0.4 is 4.74 Å². The van der Waals surface area contributed by atoms with Gasteiger partial charge in [0.1, 0.15) is 5.75 Å². The summed E-state index contributed by atoms with van der Waals surface area (Å²) in [6.07, 6.45) is 0.328. The van der Waals surface area contributed by atoms with E-state index < -0.39 is 0 Å². The molecular weight excluding hydrogens is 218 g/mol. The molecule has 0 radical (unpaired) electrons. The lowest BCUT2D eigenvalue weighted by Crippen LogP contribution is -2.29. The summed E-state index contributed by atoms with van der Waals surface area (Å²) in [5.41, 5.74) is 0.932. The van der Waals surface area contributed by atoms with E-state index in [4.69, 9.17) is 4.74 Å². The predicted molar refractivity (Wildman–Crippen MR) is 62.3 cm³/mol. The highest BCUT2D eigenvalue weighted by atomic mass is 16.5. The maximum Gasteiger partial charge on any atom is 0.232 e. The van der Waals surface area contributed by atoms with Crippen molar-refractivity contribution in [1.29, 1.82) is 0 Å². The summed E-state index contributed by atoms with van der Waals surface area (Å²) >= 11 is 0. The van der Waals surface area contributed by atoms with Crippen molar-refractivity contribution in [1.82, 2.24) is 4.90 Å². The summed E-state index contributed by atoms with van der Waals surface area (Å²) in [5.74, 6) is 0.422. The Kier molecular flexibility index (Phi) is 3.13. The Balaban J connectivity index is 2.10. The summed E-state index contributed by atoms with van der Waals surface area (Å²) in [7, 11) is 1.60. The van der Waals surface area contributed by atoms with Gasteiger partial charge in [0.2, 0.25) is 11.8 Å². The molecule has 4 nitrogen and oxygen atoms in total. The molecule has 0 spiro atoms. The van der Waals surface area contributed by atoms with E-state index in [1.54, 1.807) is 14.0 Å². The van der Waals surface area contributed by atoms with Crippen molar-refractivity contribution in [2.75, 3.05) is 7.11 Å². The number of likely N-dealkylation sites (tertiary alicyclic amines) is 1. The number of benzene rings is 1. The number of methoxy groups -OCH3 is 1. The minimum Gasteiger partial charge on any atom is -0.497 e. The SMILES string of the molecule is COc1ccc(CN2C(=O)CC(C)C2=O)cc1. The molecule has 1 atom stereocenters. The van der Waals surface area contributed by atoms with Gasteiger partial charge in [0.25, 0.3) is 0 Å². The van der Waals surface area contributed by atoms with E-state index in [0.717, 1.165) is 11.3 Å². The lowest BCUT2D eigenvalue weighted by Gasteiger charge is -2.14. The van der Waals surface area contributed by atoms with Crippen LogP contribution in [0.5, 0.6) is 5.75 Å². The van der Waals surface area contributed by atoms with Crippen LogP contribution in [0.4, 0.5) is 0 Å². The third kappa shape index (κ3) is 2.30. The smallest absolute Gasteiger partial charge is 0.232 e. The third-order valence-corrected chi connectivity index (χ3v) is 2.97. The molecule has 1 aliphatic heterocycles. The maximum atomic E-state index is 11.7. The molecule has 1 fully saturated rings. The van der Waals surface area contributed by atoms with Gasteiger partial charge in [0.05, 0.1) is 13.7 Å². The van der Waals surface area contributed by atoms with Gasteiger partial charge in [-0.25, -0.2) is 0 Å². The molecule has 1 saturated heterocycles. The van der Waals surface area contributed by atoms with Gasteiger partial charge in [-0.1, -0.05) is 19.1 Å². The van der Waals surface area contributed by atoms with Gasteiger partial charge in [-0.3, -0.25) is 14.5 Å². The van der Waals surface area contributed by atoms with Crippen LogP contribution in [0.25, 0.3) is 0 Å². The number of rotatable bonds is 3. The maximum absolute atomic E-state index is 11.7. The number of carbonyl (C=O) groups excluding carboxylic acids is 2. The van der Waals surface area contributed by atoms with Gasteiger partial charge < -0.3 is 4.74 Å². The highest BCUT2D eigenvalue weighted by Gasteiger charge is 2.35. The minimum atomic E-state index is -0.180. The van der Waals surface area contributed by atoms with Crippen LogP contribution in [0.1, 0.15) is 18.9 Å². The van der Waals surface area contributed by atoms with Crippen molar-refractivity contribution in [2.45, 2.75) is 19.9 Å². The van der Waals surface area contributed by atoms with Crippen LogP contribution in [-0.2, 0) is 16.1 Å². The molecule has 0 bridgehead atoms. The number of ether oxygens (including phenoxy) is 1. The van der Waals surface area contributed by atoms with Crippen LogP contribution in [0, 0.1) is 5.92 Å². The monoisotopic (exact) mass is 233 g/mol. The molecule has 0 N–H and O–H groups in total. The van der Waals surface area contributed by atoms with Crippen LogP contribution in [-0.4, -0.2) is 23.8 Å². The van der Waals surface area contributed by atoms with E-state index in [1.165, 1.54) is 4.90 Å². The van der Waals surface area contributed by atoms with Gasteiger partial charge in [-0.2, -0.15) is 0 Å². The lowest BCUT2D eigenvalue weighted by molar-refractivity contribution is -0.139. The van der Waals surface area contributed by atoms with Crippen LogP contribution in [0.2, 0.25) is 0 Å². The van der Waals surface area contributed by atoms with E-state index in [0.29, 0.717) is 13.0 Å². The molecule has 17 heavy (non-hydrogen) atoms. The summed E-state index contributed by atoms with van der Waals surface area (Å²) in [5, 5.41) is 0. The first-order valence-electron chi connectivity index (χ1n) is 5.59. The average molecular weight is 233 g/mol. The topological polar surface area (TPSA) is 46.6 Å². The summed E-state index contributed by atoms with van der Waals surface area (Å²) in [4.78, 5) is 24.7. The van der Waals surface area contributed by atoms with Gasteiger partial charge in [0, 0.05) is 12.3 Å². The molecule has 1 aromatic carbocycles. The minimum absolute atomic E-state index is 0.0779. The molecule has 0 saturated carbocycles. The van der Waals surface area contributed by atoms with E-state index in [1.807, 2.05) is 24.3 Å². The molecule has 2 rings (SSSR count). The first-order chi connectivity index (χ1) is 8.11. The van der Waals surface area contributed by atoms with Crippen molar-refractivity contribution in [3.63, 3.8) is 0 Å². The number of hydrogen-bond donors (Lipinski definition) is 0. The highest BCUT2D eigenvalue weighted by Crippen LogP contribution is 2.21. The number of nitrogens with zero attached hydrogens (tertiary/aromatic N) is 1. The van der Waals surface area contributed by atoms with Crippen LogP contribution in [0.15, 0.2) is 24.3 Å². The zero-order valence-corrected chi connectivity index (χ0v) is 9.97. The zero-order valence-electron chi connectivity index (χ0n) is 9.97. The molecule has 1 heterocycles. The van der Waals surface area contributed by atoms with E-state index in [9.17, 15) is 9.59 Å². The van der Waals surface area contributed by atoms with Crippen molar-refractivity contribution >= 4 is 11.8 Å². The molecular formula is C13H15NO3. The molecule has 90 valence electrons. The quantitative estimate of drug-likeness (QED) is 0.745. The normalized spacial score (nSPS) is 19.9. The number of carbonyl (C=O) groups is 2. The number of imide groups is 1. The first-order valence-corrected chi connectivity index (χ1v) is 5.59. The van der Waals surface area contributed by atoms with Gasteiger partial charge >= 0.3 is 0 Å². The Morgan fingerprint density at radius 3 is 2.41 bits per heavy atom. The second-order valence-electron chi connectivity index (χ2n) is 4.27. The largest absolute Gasteiger partial charge is 0.497 e. The Morgan fingerprint density at radius 2 is 1.94 bits per heavy atom. The van der Waals surface area contributed by atoms with Crippen LogP contribution in [0.3, 0.4) is 0 Å². The fourth-order valence-electron chi connectivity index (χ4n) is 1.93. The Hall–Kier alpha value is -1.84. The van der Waals surface area contributed by atoms with Gasteiger partial charge in [-0.15, -0.1) is 0 Å². The Labute approximate surface area is 100 Å². The average Bonchev–Trinajstić information content (AvgIpc) is 2.57. The zero-order chi connectivity index (χ0) is 12.4. The van der Waals surface area contributed by atoms with Crippen molar-refractivity contribution < 1.29 is 14.3 Å². The van der Waals surface area contributed by atoms with Crippen molar-refractivity contribution in [3.05, 3.63) is 29.8 Å². The molecule has 0 aliphatic carbocycles. The molecule has 1 aliphatic rings. The number of hydrogen-bond acceptors (Lipinski definition) is 3. The fraction of sp³-hybridized carbons (Fsp3) is 0.385. The molecule has 1 unspecified atom stereocenters. The molecule has 4 heteroatoms. The fourth-order valence-corrected chi connectivity index (χ4v) is 1.93. The molecule has 2 amide bonds. The third-order valence-electron chi connectivity index (χ3n) is 2.97. The van der Waals surface area contributed by atoms with Crippen molar-refractivity contribution in [2.24, 2.45) is 5.92 Å². The lowest BCUT2D eigenvalue weighted by atomic mass is 10.1. The summed E-state index contributed by atoms with van der Waals surface area (Å²) in [6, 6.07) is 7.37. The standard InChI is InChI=1S/C13H15NO3/c1-9-7-12(15)14(13(9)16)8-10-3-5-11(17-2)6-4-10/h3-6,9H,7-8H2,1-2H3. The van der Waals surface area contributed by atoms with Crippen molar-refractivity contribution in [3.8, 4) is 5.75 Å². The van der Waals surface area contributed by atoms with Gasteiger partial charge in [-0.05, 0) is 17.7 Å². The van der Waals surface area contributed by atoms with E-state index in [2.05, 4.69) is 0 Å². The van der Waals surface area contributed by atoms with Crippen LogP contribution >= 0.6 is 0 Å². The van der Waals surface area contributed by atoms with E-state index >= 15 is 0 Å². The Morgan fingerprint density at radius 1 is 1.29 bits per heavy atom. The molecule has 1 aromatic rings. The molecule has 0 aromatic heterocycles. The first kappa shape index (κ1) is 11.6. The predicted octanol–water partition coefficient (Wildman–Crippen LogP) is 1.59. The second-order valence-corrected chi connectivity index (χ2v) is 4.27. The number of amides is 2. The second kappa shape index (κ2) is 4.57.